The molecule has 2 nitrogen and oxygen atoms in total. The summed E-state index contributed by atoms with van der Waals surface area (Å²) in [6, 6.07) is 2.30. The van der Waals surface area contributed by atoms with Gasteiger partial charge in [0.05, 0.1) is 0 Å². The number of aryl methyl sites for hydroxylation is 2. The predicted octanol–water partition coefficient (Wildman–Crippen LogP) is 2.79. The van der Waals surface area contributed by atoms with Crippen molar-refractivity contribution >= 4 is 5.82 Å². The number of rotatable bonds is 4. The maximum absolute atomic E-state index is 5.23. The van der Waals surface area contributed by atoms with Crippen LogP contribution in [0.15, 0.2) is 12.3 Å². The lowest BCUT2D eigenvalue weighted by molar-refractivity contribution is 0.749. The van der Waals surface area contributed by atoms with E-state index in [9.17, 15) is 0 Å². The molecule has 0 bridgehead atoms. The highest BCUT2D eigenvalue weighted by molar-refractivity contribution is 5.47. The van der Waals surface area contributed by atoms with Crippen molar-refractivity contribution in [3.8, 4) is 12.3 Å². The Morgan fingerprint density at radius 1 is 1.44 bits per heavy atom. The number of nitrogens with one attached hydrogen (secondary N) is 1. The molecule has 1 aromatic heterocycles. The molecule has 0 saturated carbocycles. The summed E-state index contributed by atoms with van der Waals surface area (Å²) in [4.78, 5) is 4.47. The van der Waals surface area contributed by atoms with E-state index in [1.807, 2.05) is 6.20 Å². The first kappa shape index (κ1) is 11.0. The van der Waals surface area contributed by atoms with E-state index in [0.717, 1.165) is 44.5 Å². The van der Waals surface area contributed by atoms with Crippen LogP contribution in [0.1, 0.15) is 36.8 Å². The molecule has 0 unspecified atom stereocenters. The number of nitrogens with zero attached hydrogens (tertiary/aromatic N) is 1. The molecule has 0 aromatic carbocycles. The van der Waals surface area contributed by atoms with Crippen LogP contribution < -0.4 is 5.32 Å². The topological polar surface area (TPSA) is 24.9 Å². The number of hydrogen-bond acceptors (Lipinski definition) is 2. The Hall–Kier alpha value is -1.49. The molecule has 1 aromatic rings. The molecular weight excluding hydrogens is 196 g/mol. The van der Waals surface area contributed by atoms with Crippen molar-refractivity contribution in [2.24, 2.45) is 0 Å². The van der Waals surface area contributed by atoms with Gasteiger partial charge in [-0.15, -0.1) is 12.3 Å². The van der Waals surface area contributed by atoms with Gasteiger partial charge in [-0.3, -0.25) is 0 Å². The smallest absolute Gasteiger partial charge is 0.129 e. The van der Waals surface area contributed by atoms with Crippen molar-refractivity contribution in [3.05, 3.63) is 23.4 Å². The molecule has 0 saturated heterocycles. The molecular formula is C14H18N2. The van der Waals surface area contributed by atoms with Crippen LogP contribution in [0.5, 0.6) is 0 Å². The maximum atomic E-state index is 5.23. The highest BCUT2D eigenvalue weighted by Crippen LogP contribution is 2.20. The largest absolute Gasteiger partial charge is 0.370 e. The molecule has 1 aliphatic rings. The molecule has 16 heavy (non-hydrogen) atoms. The lowest BCUT2D eigenvalue weighted by Gasteiger charge is -2.17. The number of terminal acetylenes is 1. The Morgan fingerprint density at radius 3 is 3.25 bits per heavy atom. The van der Waals surface area contributed by atoms with E-state index in [1.165, 1.54) is 17.5 Å². The van der Waals surface area contributed by atoms with E-state index in [1.54, 1.807) is 0 Å². The Bertz CT molecular complexity index is 390. The summed E-state index contributed by atoms with van der Waals surface area (Å²) >= 11 is 0. The van der Waals surface area contributed by atoms with E-state index in [0.29, 0.717) is 0 Å². The third-order valence-corrected chi connectivity index (χ3v) is 2.98. The van der Waals surface area contributed by atoms with Gasteiger partial charge in [0.2, 0.25) is 0 Å². The molecule has 0 radical (unpaired) electrons. The van der Waals surface area contributed by atoms with E-state index in [-0.39, 0.29) is 0 Å². The lowest BCUT2D eigenvalue weighted by atomic mass is 10.0. The standard InChI is InChI=1S/C14H18N2/c1-2-3-4-5-7-12-10-13-8-6-9-15-14(13)16-11-12/h1,10-11H,3-9H2,(H,15,16). The summed E-state index contributed by atoms with van der Waals surface area (Å²) in [5, 5.41) is 3.33. The number of anilines is 1. The van der Waals surface area contributed by atoms with Crippen LogP contribution in [0.3, 0.4) is 0 Å². The molecule has 0 atom stereocenters. The molecule has 2 rings (SSSR count). The Morgan fingerprint density at radius 2 is 2.38 bits per heavy atom. The lowest BCUT2D eigenvalue weighted by Crippen LogP contribution is -2.13. The van der Waals surface area contributed by atoms with Crippen LogP contribution in [-0.2, 0) is 12.8 Å². The predicted molar refractivity (Wildman–Crippen MR) is 67.4 cm³/mol. The summed E-state index contributed by atoms with van der Waals surface area (Å²) in [6.45, 7) is 1.06. The first-order valence-electron chi connectivity index (χ1n) is 6.05. The summed E-state index contributed by atoms with van der Waals surface area (Å²) in [6.07, 6.45) is 13.9. The second kappa shape index (κ2) is 5.55. The van der Waals surface area contributed by atoms with E-state index < -0.39 is 0 Å². The zero-order chi connectivity index (χ0) is 11.2. The van der Waals surface area contributed by atoms with Crippen LogP contribution in [-0.4, -0.2) is 11.5 Å². The molecule has 0 fully saturated rings. The van der Waals surface area contributed by atoms with Crippen molar-refractivity contribution in [1.29, 1.82) is 0 Å². The third-order valence-electron chi connectivity index (χ3n) is 2.98. The van der Waals surface area contributed by atoms with Gasteiger partial charge >= 0.3 is 0 Å². The fourth-order valence-electron chi connectivity index (χ4n) is 2.09. The highest BCUT2D eigenvalue weighted by Gasteiger charge is 2.09. The first-order chi connectivity index (χ1) is 7.90. The van der Waals surface area contributed by atoms with Gasteiger partial charge < -0.3 is 5.32 Å². The van der Waals surface area contributed by atoms with E-state index in [4.69, 9.17) is 6.42 Å². The van der Waals surface area contributed by atoms with Crippen molar-refractivity contribution in [2.75, 3.05) is 11.9 Å². The van der Waals surface area contributed by atoms with Crippen LogP contribution in [0.25, 0.3) is 0 Å². The second-order valence-corrected chi connectivity index (χ2v) is 4.29. The number of aromatic nitrogens is 1. The molecule has 1 aliphatic heterocycles. The van der Waals surface area contributed by atoms with Gasteiger partial charge in [0, 0.05) is 19.2 Å². The van der Waals surface area contributed by atoms with Crippen LogP contribution >= 0.6 is 0 Å². The number of unbranched alkanes of at least 4 members (excludes halogenated alkanes) is 2. The monoisotopic (exact) mass is 214 g/mol. The van der Waals surface area contributed by atoms with Crippen molar-refractivity contribution in [2.45, 2.75) is 38.5 Å². The Kier molecular flexibility index (Phi) is 3.82. The maximum Gasteiger partial charge on any atom is 0.129 e. The van der Waals surface area contributed by atoms with Crippen LogP contribution in [0.2, 0.25) is 0 Å². The molecule has 0 amide bonds. The van der Waals surface area contributed by atoms with Gasteiger partial charge in [-0.05, 0) is 43.2 Å². The zero-order valence-electron chi connectivity index (χ0n) is 9.63. The fraction of sp³-hybridized carbons (Fsp3) is 0.500. The minimum atomic E-state index is 0.889. The minimum absolute atomic E-state index is 0.889. The quantitative estimate of drug-likeness (QED) is 0.616. The summed E-state index contributed by atoms with van der Waals surface area (Å²) in [5.41, 5.74) is 2.72. The molecule has 0 aliphatic carbocycles. The van der Waals surface area contributed by atoms with Gasteiger partial charge in [0.1, 0.15) is 5.82 Å². The number of pyridine rings is 1. The first-order valence-corrected chi connectivity index (χ1v) is 6.05. The average molecular weight is 214 g/mol. The van der Waals surface area contributed by atoms with Gasteiger partial charge in [-0.25, -0.2) is 4.98 Å². The molecule has 84 valence electrons. The second-order valence-electron chi connectivity index (χ2n) is 4.29. The SMILES string of the molecule is C#CCCCCc1cnc2c(c1)CCCN2. The van der Waals surface area contributed by atoms with E-state index in [2.05, 4.69) is 22.3 Å². The molecule has 1 N–H and O–H groups in total. The summed E-state index contributed by atoms with van der Waals surface area (Å²) in [7, 11) is 0. The number of hydrogen-bond donors (Lipinski definition) is 1. The third kappa shape index (κ3) is 2.76. The van der Waals surface area contributed by atoms with Gasteiger partial charge in [0.25, 0.3) is 0 Å². The molecule has 2 heterocycles. The highest BCUT2D eigenvalue weighted by atomic mass is 15.0. The normalized spacial score (nSPS) is 13.7. The van der Waals surface area contributed by atoms with E-state index >= 15 is 0 Å². The molecule has 0 spiro atoms. The summed E-state index contributed by atoms with van der Waals surface area (Å²) < 4.78 is 0. The van der Waals surface area contributed by atoms with Crippen molar-refractivity contribution in [3.63, 3.8) is 0 Å². The van der Waals surface area contributed by atoms with Gasteiger partial charge in [-0.2, -0.15) is 0 Å². The molecule has 2 heteroatoms. The van der Waals surface area contributed by atoms with Crippen LogP contribution in [0.4, 0.5) is 5.82 Å². The fourth-order valence-corrected chi connectivity index (χ4v) is 2.09. The van der Waals surface area contributed by atoms with Crippen molar-refractivity contribution < 1.29 is 0 Å². The number of fused-ring (bicyclic) bond motifs is 1. The van der Waals surface area contributed by atoms with Gasteiger partial charge in [-0.1, -0.05) is 6.07 Å². The Labute approximate surface area is 97.5 Å². The summed E-state index contributed by atoms with van der Waals surface area (Å²) in [5.74, 6) is 3.76. The van der Waals surface area contributed by atoms with Gasteiger partial charge in [0.15, 0.2) is 0 Å². The minimum Gasteiger partial charge on any atom is -0.370 e. The zero-order valence-corrected chi connectivity index (χ0v) is 9.63. The Balaban J connectivity index is 1.93. The van der Waals surface area contributed by atoms with Crippen LogP contribution in [0, 0.1) is 12.3 Å². The average Bonchev–Trinajstić information content (AvgIpc) is 2.34. The van der Waals surface area contributed by atoms with Crippen molar-refractivity contribution in [1.82, 2.24) is 4.98 Å².